The molecule has 1 aromatic carbocycles. The predicted octanol–water partition coefficient (Wildman–Crippen LogP) is 1.94. The molecule has 1 aromatic heterocycles. The first-order chi connectivity index (χ1) is 11.0. The Labute approximate surface area is 137 Å². The van der Waals surface area contributed by atoms with Gasteiger partial charge in [-0.3, -0.25) is 9.59 Å². The summed E-state index contributed by atoms with van der Waals surface area (Å²) in [6, 6.07) is 8.75. The zero-order valence-electron chi connectivity index (χ0n) is 12.4. The molecule has 0 spiro atoms. The summed E-state index contributed by atoms with van der Waals surface area (Å²) in [7, 11) is 1.66. The molecular weight excluding hydrogens is 320 g/mol. The third-order valence-corrected chi connectivity index (χ3v) is 3.78. The molecule has 3 rings (SSSR count). The number of amides is 1. The molecule has 0 saturated carbocycles. The number of carbonyl (C=O) groups excluding carboxylic acids is 1. The summed E-state index contributed by atoms with van der Waals surface area (Å²) >= 11 is 5.75. The number of aromatic nitrogens is 1. The highest BCUT2D eigenvalue weighted by Crippen LogP contribution is 2.31. The van der Waals surface area contributed by atoms with Crippen LogP contribution in [0.3, 0.4) is 0 Å². The van der Waals surface area contributed by atoms with Crippen LogP contribution in [0.2, 0.25) is 5.02 Å². The number of hydrogen-bond donors (Lipinski definition) is 1. The normalized spacial score (nSPS) is 16.0. The van der Waals surface area contributed by atoms with E-state index in [0.29, 0.717) is 30.2 Å². The first-order valence-electron chi connectivity index (χ1n) is 7.07. The lowest BCUT2D eigenvalue weighted by Gasteiger charge is -2.29. The Morgan fingerprint density at radius 1 is 1.39 bits per heavy atom. The van der Waals surface area contributed by atoms with Crippen LogP contribution in [0, 0.1) is 0 Å². The third-order valence-electron chi connectivity index (χ3n) is 3.50. The maximum Gasteiger partial charge on any atom is 0.266 e. The standard InChI is InChI=1S/C16H15ClN2O4/c1-19(16(21)10-6-12(17)15(20)18-7-10)8-11-9-22-13-4-2-3-5-14(13)23-11/h2-7,11H,8-9H2,1H3,(H,18,20)/t11-/m1/s1. The first-order valence-corrected chi connectivity index (χ1v) is 7.44. The molecule has 2 heterocycles. The largest absolute Gasteiger partial charge is 0.486 e. The third kappa shape index (κ3) is 3.32. The number of rotatable bonds is 3. The van der Waals surface area contributed by atoms with Crippen LogP contribution in [0.5, 0.6) is 11.5 Å². The van der Waals surface area contributed by atoms with Crippen LogP contribution in [0.15, 0.2) is 41.3 Å². The fourth-order valence-corrected chi connectivity index (χ4v) is 2.51. The van der Waals surface area contributed by atoms with Crippen LogP contribution in [-0.4, -0.2) is 42.1 Å². The van der Waals surface area contributed by atoms with Gasteiger partial charge in [0, 0.05) is 13.2 Å². The molecule has 0 saturated heterocycles. The number of para-hydroxylation sites is 2. The Hall–Kier alpha value is -2.47. The Kier molecular flexibility index (Phi) is 4.25. The second-order valence-electron chi connectivity index (χ2n) is 5.25. The van der Waals surface area contributed by atoms with Crippen molar-refractivity contribution >= 4 is 17.5 Å². The van der Waals surface area contributed by atoms with Crippen molar-refractivity contribution < 1.29 is 14.3 Å². The van der Waals surface area contributed by atoms with Crippen LogP contribution in [-0.2, 0) is 0 Å². The fourth-order valence-electron chi connectivity index (χ4n) is 2.34. The van der Waals surface area contributed by atoms with Crippen LogP contribution >= 0.6 is 11.6 Å². The Bertz CT molecular complexity index is 790. The Balaban J connectivity index is 1.67. The van der Waals surface area contributed by atoms with Crippen molar-refractivity contribution in [2.75, 3.05) is 20.2 Å². The minimum absolute atomic E-state index is 0.0181. The van der Waals surface area contributed by atoms with Gasteiger partial charge < -0.3 is 19.4 Å². The molecule has 6 nitrogen and oxygen atoms in total. The van der Waals surface area contributed by atoms with E-state index in [-0.39, 0.29) is 17.0 Å². The molecule has 1 aliphatic rings. The zero-order chi connectivity index (χ0) is 16.4. The van der Waals surface area contributed by atoms with E-state index in [2.05, 4.69) is 4.98 Å². The number of fused-ring (bicyclic) bond motifs is 1. The van der Waals surface area contributed by atoms with E-state index in [1.165, 1.54) is 17.2 Å². The molecule has 1 N–H and O–H groups in total. The van der Waals surface area contributed by atoms with Gasteiger partial charge in [0.15, 0.2) is 17.6 Å². The highest BCUT2D eigenvalue weighted by Gasteiger charge is 2.24. The molecule has 120 valence electrons. The molecule has 0 aliphatic carbocycles. The minimum Gasteiger partial charge on any atom is -0.486 e. The van der Waals surface area contributed by atoms with E-state index >= 15 is 0 Å². The van der Waals surface area contributed by atoms with Crippen LogP contribution in [0.25, 0.3) is 0 Å². The maximum atomic E-state index is 12.4. The van der Waals surface area contributed by atoms with Gasteiger partial charge in [-0.2, -0.15) is 0 Å². The smallest absolute Gasteiger partial charge is 0.266 e. The van der Waals surface area contributed by atoms with Gasteiger partial charge in [-0.15, -0.1) is 0 Å². The quantitative estimate of drug-likeness (QED) is 0.931. The number of benzene rings is 1. The van der Waals surface area contributed by atoms with Crippen LogP contribution < -0.4 is 15.0 Å². The molecule has 7 heteroatoms. The Morgan fingerprint density at radius 2 is 2.13 bits per heavy atom. The van der Waals surface area contributed by atoms with Gasteiger partial charge in [-0.05, 0) is 18.2 Å². The first kappa shape index (κ1) is 15.4. The second kappa shape index (κ2) is 6.34. The Morgan fingerprint density at radius 3 is 2.87 bits per heavy atom. The number of aromatic amines is 1. The summed E-state index contributed by atoms with van der Waals surface area (Å²) in [5.74, 6) is 1.10. The lowest BCUT2D eigenvalue weighted by atomic mass is 10.2. The van der Waals surface area contributed by atoms with E-state index in [4.69, 9.17) is 21.1 Å². The number of H-pyrrole nitrogens is 1. The van der Waals surface area contributed by atoms with Crippen molar-refractivity contribution in [3.05, 3.63) is 57.5 Å². The monoisotopic (exact) mass is 334 g/mol. The van der Waals surface area contributed by atoms with Gasteiger partial charge in [-0.25, -0.2) is 0 Å². The zero-order valence-corrected chi connectivity index (χ0v) is 13.2. The van der Waals surface area contributed by atoms with Gasteiger partial charge in [-0.1, -0.05) is 23.7 Å². The van der Waals surface area contributed by atoms with Gasteiger partial charge in [0.05, 0.1) is 12.1 Å². The van der Waals surface area contributed by atoms with E-state index in [0.717, 1.165) is 0 Å². The van der Waals surface area contributed by atoms with Crippen LogP contribution in [0.1, 0.15) is 10.4 Å². The molecule has 0 bridgehead atoms. The van der Waals surface area contributed by atoms with Gasteiger partial charge in [0.25, 0.3) is 11.5 Å². The summed E-state index contributed by atoms with van der Waals surface area (Å²) in [5.41, 5.74) is -0.110. The number of carbonyl (C=O) groups is 1. The fraction of sp³-hybridized carbons (Fsp3) is 0.250. The van der Waals surface area contributed by atoms with Gasteiger partial charge in [0.1, 0.15) is 11.6 Å². The average molecular weight is 335 g/mol. The summed E-state index contributed by atoms with van der Waals surface area (Å²) in [4.78, 5) is 27.6. The van der Waals surface area contributed by atoms with Crippen molar-refractivity contribution in [1.82, 2.24) is 9.88 Å². The van der Waals surface area contributed by atoms with E-state index < -0.39 is 5.56 Å². The molecule has 0 radical (unpaired) electrons. The van der Waals surface area contributed by atoms with Crippen molar-refractivity contribution in [3.8, 4) is 11.5 Å². The highest BCUT2D eigenvalue weighted by molar-refractivity contribution is 6.30. The molecule has 1 atom stereocenters. The molecule has 0 unspecified atom stereocenters. The lowest BCUT2D eigenvalue weighted by molar-refractivity contribution is 0.0520. The van der Waals surface area contributed by atoms with Crippen molar-refractivity contribution in [3.63, 3.8) is 0 Å². The number of pyridine rings is 1. The number of halogens is 1. The lowest BCUT2D eigenvalue weighted by Crippen LogP contribution is -2.41. The van der Waals surface area contributed by atoms with E-state index in [1.54, 1.807) is 7.05 Å². The molecular formula is C16H15ClN2O4. The average Bonchev–Trinajstić information content (AvgIpc) is 2.56. The van der Waals surface area contributed by atoms with Gasteiger partial charge >= 0.3 is 0 Å². The number of nitrogens with one attached hydrogen (secondary N) is 1. The predicted molar refractivity (Wildman–Crippen MR) is 85.4 cm³/mol. The van der Waals surface area contributed by atoms with Gasteiger partial charge in [0.2, 0.25) is 0 Å². The van der Waals surface area contributed by atoms with E-state index in [1.807, 2.05) is 24.3 Å². The topological polar surface area (TPSA) is 71.6 Å². The molecule has 0 fully saturated rings. The summed E-state index contributed by atoms with van der Waals surface area (Å²) < 4.78 is 11.5. The number of ether oxygens (including phenoxy) is 2. The highest BCUT2D eigenvalue weighted by atomic mass is 35.5. The SMILES string of the molecule is CN(C[C@@H]1COc2ccccc2O1)C(=O)c1c[nH]c(=O)c(Cl)c1. The molecule has 1 amide bonds. The summed E-state index contributed by atoms with van der Waals surface area (Å²) in [6.45, 7) is 0.713. The maximum absolute atomic E-state index is 12.4. The number of hydrogen-bond acceptors (Lipinski definition) is 4. The van der Waals surface area contributed by atoms with E-state index in [9.17, 15) is 9.59 Å². The van der Waals surface area contributed by atoms with Crippen molar-refractivity contribution in [2.24, 2.45) is 0 Å². The second-order valence-corrected chi connectivity index (χ2v) is 5.66. The number of nitrogens with zero attached hydrogens (tertiary/aromatic N) is 1. The summed E-state index contributed by atoms with van der Waals surface area (Å²) in [6.07, 6.45) is 1.08. The van der Waals surface area contributed by atoms with Crippen molar-refractivity contribution in [2.45, 2.75) is 6.10 Å². The van der Waals surface area contributed by atoms with Crippen LogP contribution in [0.4, 0.5) is 0 Å². The molecule has 2 aromatic rings. The molecule has 23 heavy (non-hydrogen) atoms. The van der Waals surface area contributed by atoms with Crippen molar-refractivity contribution in [1.29, 1.82) is 0 Å². The number of likely N-dealkylation sites (N-methyl/N-ethyl adjacent to an activating group) is 1. The molecule has 1 aliphatic heterocycles. The minimum atomic E-state index is -0.425. The summed E-state index contributed by atoms with van der Waals surface area (Å²) in [5, 5.41) is -0.0181.